The highest BCUT2D eigenvalue weighted by molar-refractivity contribution is 7.91. The maximum Gasteiger partial charge on any atom is 0.250 e. The van der Waals surface area contributed by atoms with E-state index in [1.165, 1.54) is 6.07 Å². The summed E-state index contributed by atoms with van der Waals surface area (Å²) in [7, 11) is -4.94. The van der Waals surface area contributed by atoms with Crippen LogP contribution in [0, 0.1) is 0 Å². The fraction of sp³-hybridized carbons (Fsp3) is 0.636. The number of sulfonamides is 2. The van der Waals surface area contributed by atoms with Gasteiger partial charge in [-0.15, -0.1) is 11.3 Å². The smallest absolute Gasteiger partial charge is 0.250 e. The third-order valence-electron chi connectivity index (χ3n) is 2.64. The number of thiophene rings is 1. The summed E-state index contributed by atoms with van der Waals surface area (Å²) in [5.74, 6) is 0.0342. The lowest BCUT2D eigenvalue weighted by atomic mass is 10.3. The van der Waals surface area contributed by atoms with Crippen molar-refractivity contribution >= 4 is 31.4 Å². The molecule has 21 heavy (non-hydrogen) atoms. The fourth-order valence-electron chi connectivity index (χ4n) is 1.45. The molecule has 1 aromatic heterocycles. The summed E-state index contributed by atoms with van der Waals surface area (Å²) in [4.78, 5) is 0.822. The van der Waals surface area contributed by atoms with Crippen LogP contribution in [-0.4, -0.2) is 49.3 Å². The molecule has 3 N–H and O–H groups in total. The first-order valence-corrected chi connectivity index (χ1v) is 10.5. The van der Waals surface area contributed by atoms with E-state index in [0.29, 0.717) is 19.5 Å². The molecule has 7 nitrogen and oxygen atoms in total. The summed E-state index contributed by atoms with van der Waals surface area (Å²) in [6, 6.07) is 3.24. The maximum absolute atomic E-state index is 12.0. The van der Waals surface area contributed by atoms with Gasteiger partial charge in [0.2, 0.25) is 20.0 Å². The van der Waals surface area contributed by atoms with Crippen LogP contribution in [0.5, 0.6) is 0 Å². The highest BCUT2D eigenvalue weighted by Gasteiger charge is 2.16. The fourth-order valence-corrected chi connectivity index (χ4v) is 4.50. The molecule has 122 valence electrons. The number of likely N-dealkylation sites (N-methyl/N-ethyl adjacent to an activating group) is 1. The molecule has 0 unspecified atom stereocenters. The van der Waals surface area contributed by atoms with Crippen LogP contribution < -0.4 is 14.8 Å². The molecule has 0 amide bonds. The quantitative estimate of drug-likeness (QED) is 0.501. The van der Waals surface area contributed by atoms with Gasteiger partial charge in [0.15, 0.2) is 0 Å². The minimum Gasteiger partial charge on any atom is -0.318 e. The van der Waals surface area contributed by atoms with E-state index in [4.69, 9.17) is 0 Å². The first-order valence-electron chi connectivity index (χ1n) is 6.51. The molecule has 0 spiro atoms. The molecule has 0 aliphatic heterocycles. The highest BCUT2D eigenvalue weighted by atomic mass is 32.2. The van der Waals surface area contributed by atoms with E-state index in [-0.39, 0.29) is 16.5 Å². The van der Waals surface area contributed by atoms with Crippen molar-refractivity contribution < 1.29 is 16.8 Å². The van der Waals surface area contributed by atoms with Crippen LogP contribution in [0.1, 0.15) is 11.8 Å². The van der Waals surface area contributed by atoms with Crippen LogP contribution >= 0.6 is 11.3 Å². The van der Waals surface area contributed by atoms with Crippen LogP contribution in [0.3, 0.4) is 0 Å². The van der Waals surface area contributed by atoms with E-state index in [9.17, 15) is 16.8 Å². The zero-order valence-electron chi connectivity index (χ0n) is 12.0. The van der Waals surface area contributed by atoms with Gasteiger partial charge in [0, 0.05) is 24.5 Å². The van der Waals surface area contributed by atoms with E-state index < -0.39 is 20.0 Å². The van der Waals surface area contributed by atoms with Crippen LogP contribution in [0.4, 0.5) is 0 Å². The third kappa shape index (κ3) is 6.41. The Labute approximate surface area is 130 Å². The van der Waals surface area contributed by atoms with Crippen molar-refractivity contribution in [3.63, 3.8) is 0 Å². The molecule has 0 saturated heterocycles. The number of hydrogen-bond acceptors (Lipinski definition) is 6. The van der Waals surface area contributed by atoms with Gasteiger partial charge in [-0.1, -0.05) is 0 Å². The van der Waals surface area contributed by atoms with E-state index in [1.54, 1.807) is 20.0 Å². The second-order valence-corrected chi connectivity index (χ2v) is 9.53. The average Bonchev–Trinajstić information content (AvgIpc) is 2.88. The Balaban J connectivity index is 2.57. The topological polar surface area (TPSA) is 104 Å². The summed E-state index contributed by atoms with van der Waals surface area (Å²) < 4.78 is 51.7. The molecule has 0 fully saturated rings. The molecule has 1 heterocycles. The zero-order valence-corrected chi connectivity index (χ0v) is 14.5. The Hall–Kier alpha value is -0.520. The van der Waals surface area contributed by atoms with Gasteiger partial charge >= 0.3 is 0 Å². The van der Waals surface area contributed by atoms with Crippen molar-refractivity contribution in [3.8, 4) is 0 Å². The number of nitrogens with one attached hydrogen (secondary N) is 3. The van der Waals surface area contributed by atoms with Crippen molar-refractivity contribution in [2.45, 2.75) is 17.6 Å². The van der Waals surface area contributed by atoms with Crippen molar-refractivity contribution in [2.24, 2.45) is 0 Å². The lowest BCUT2D eigenvalue weighted by Crippen LogP contribution is -2.30. The Morgan fingerprint density at radius 2 is 1.76 bits per heavy atom. The first-order chi connectivity index (χ1) is 9.80. The Bertz CT molecular complexity index is 637. The number of hydrogen-bond donors (Lipinski definition) is 3. The Kier molecular flexibility index (Phi) is 7.24. The van der Waals surface area contributed by atoms with Crippen LogP contribution in [-0.2, 0) is 26.5 Å². The van der Waals surface area contributed by atoms with E-state index in [0.717, 1.165) is 16.2 Å². The molecule has 10 heteroatoms. The molecule has 0 aromatic carbocycles. The Morgan fingerprint density at radius 3 is 2.38 bits per heavy atom. The normalized spacial score (nSPS) is 12.7. The second kappa shape index (κ2) is 8.20. The largest absolute Gasteiger partial charge is 0.318 e. The molecule has 0 bridgehead atoms. The SMILES string of the molecule is CCS(=O)(=O)NCCc1ccc(S(=O)(=O)NCCNC)s1. The van der Waals surface area contributed by atoms with Gasteiger partial charge in [-0.2, -0.15) is 0 Å². The standard InChI is InChI=1S/C11H21N3O4S3/c1-3-20(15,16)13-7-6-10-4-5-11(19-10)21(17,18)14-9-8-12-2/h4-5,12-14H,3,6-9H2,1-2H3. The monoisotopic (exact) mass is 355 g/mol. The van der Waals surface area contributed by atoms with Crippen molar-refractivity contribution in [1.29, 1.82) is 0 Å². The lowest BCUT2D eigenvalue weighted by molar-refractivity contribution is 0.580. The molecule has 0 aliphatic carbocycles. The number of rotatable bonds is 10. The minimum atomic E-state index is -3.48. The third-order valence-corrected chi connectivity index (χ3v) is 7.14. The summed E-state index contributed by atoms with van der Waals surface area (Å²) in [6.07, 6.45) is 0.468. The zero-order chi connectivity index (χ0) is 15.9. The molecular weight excluding hydrogens is 334 g/mol. The van der Waals surface area contributed by atoms with Gasteiger partial charge in [-0.25, -0.2) is 26.3 Å². The maximum atomic E-state index is 12.0. The van der Waals surface area contributed by atoms with Crippen molar-refractivity contribution in [3.05, 3.63) is 17.0 Å². The molecule has 1 rings (SSSR count). The van der Waals surface area contributed by atoms with Gasteiger partial charge in [-0.05, 0) is 32.5 Å². The van der Waals surface area contributed by atoms with Gasteiger partial charge in [0.1, 0.15) is 4.21 Å². The Morgan fingerprint density at radius 1 is 1.05 bits per heavy atom. The predicted molar refractivity (Wildman–Crippen MR) is 84.6 cm³/mol. The molecular formula is C11H21N3O4S3. The van der Waals surface area contributed by atoms with Crippen molar-refractivity contribution in [2.75, 3.05) is 32.4 Å². The van der Waals surface area contributed by atoms with Gasteiger partial charge in [0.05, 0.1) is 5.75 Å². The van der Waals surface area contributed by atoms with E-state index in [2.05, 4.69) is 14.8 Å². The van der Waals surface area contributed by atoms with Crippen molar-refractivity contribution in [1.82, 2.24) is 14.8 Å². The summed E-state index contributed by atoms with van der Waals surface area (Å²) in [5, 5.41) is 2.86. The molecule has 0 saturated carbocycles. The molecule has 0 radical (unpaired) electrons. The molecule has 0 atom stereocenters. The second-order valence-electron chi connectivity index (χ2n) is 4.27. The van der Waals surface area contributed by atoms with Crippen LogP contribution in [0.15, 0.2) is 16.3 Å². The first kappa shape index (κ1) is 18.5. The predicted octanol–water partition coefficient (Wildman–Crippen LogP) is -0.272. The summed E-state index contributed by atoms with van der Waals surface area (Å²) in [6.45, 7) is 2.71. The molecule has 0 aliphatic rings. The molecule has 1 aromatic rings. The van der Waals surface area contributed by atoms with Gasteiger partial charge < -0.3 is 5.32 Å². The van der Waals surface area contributed by atoms with E-state index in [1.807, 2.05) is 0 Å². The lowest BCUT2D eigenvalue weighted by Gasteiger charge is -2.04. The van der Waals surface area contributed by atoms with E-state index >= 15 is 0 Å². The van der Waals surface area contributed by atoms with Crippen LogP contribution in [0.25, 0.3) is 0 Å². The average molecular weight is 356 g/mol. The minimum absolute atomic E-state index is 0.0342. The summed E-state index contributed by atoms with van der Waals surface area (Å²) >= 11 is 1.15. The van der Waals surface area contributed by atoms with Crippen LogP contribution in [0.2, 0.25) is 0 Å². The van der Waals surface area contributed by atoms with Gasteiger partial charge in [-0.3, -0.25) is 0 Å². The van der Waals surface area contributed by atoms with Gasteiger partial charge in [0.25, 0.3) is 0 Å². The highest BCUT2D eigenvalue weighted by Crippen LogP contribution is 2.21. The summed E-state index contributed by atoms with van der Waals surface area (Å²) in [5.41, 5.74) is 0.